The van der Waals surface area contributed by atoms with Crippen LogP contribution >= 0.6 is 15.9 Å². The Kier molecular flexibility index (Phi) is 4.04. The van der Waals surface area contributed by atoms with Crippen LogP contribution in [0.4, 0.5) is 8.78 Å². The van der Waals surface area contributed by atoms with E-state index in [1.165, 1.54) is 6.07 Å². The van der Waals surface area contributed by atoms with Gasteiger partial charge in [-0.2, -0.15) is 0 Å². The van der Waals surface area contributed by atoms with Gasteiger partial charge < -0.3 is 0 Å². The molecule has 2 aromatic carbocycles. The predicted molar refractivity (Wildman–Crippen MR) is 77.8 cm³/mol. The van der Waals surface area contributed by atoms with Crippen molar-refractivity contribution in [2.45, 2.75) is 25.6 Å². The summed E-state index contributed by atoms with van der Waals surface area (Å²) in [6, 6.07) is 8.37. The maximum absolute atomic E-state index is 13.9. The van der Waals surface area contributed by atoms with Gasteiger partial charge in [0.25, 0.3) is 0 Å². The molecule has 0 spiro atoms. The second-order valence-electron chi connectivity index (χ2n) is 4.82. The minimum Gasteiger partial charge on any atom is -0.204 e. The van der Waals surface area contributed by atoms with Gasteiger partial charge in [-0.3, -0.25) is 0 Å². The first kappa shape index (κ1) is 14.2. The molecular formula is C16H15BrF2. The molecule has 0 N–H and O–H groups in total. The monoisotopic (exact) mass is 324 g/mol. The quantitative estimate of drug-likeness (QED) is 0.651. The molecule has 1 unspecified atom stereocenters. The Morgan fingerprint density at radius 1 is 1.00 bits per heavy atom. The van der Waals surface area contributed by atoms with Gasteiger partial charge in [0.15, 0.2) is 11.6 Å². The summed E-state index contributed by atoms with van der Waals surface area (Å²) < 4.78 is 27.2. The number of hydrogen-bond donors (Lipinski definition) is 0. The largest absolute Gasteiger partial charge is 0.204 e. The van der Waals surface area contributed by atoms with Gasteiger partial charge in [0.05, 0.1) is 4.83 Å². The molecule has 0 aliphatic rings. The normalized spacial score (nSPS) is 12.5. The summed E-state index contributed by atoms with van der Waals surface area (Å²) in [4.78, 5) is -0.344. The van der Waals surface area contributed by atoms with E-state index >= 15 is 0 Å². The fraction of sp³-hybridized carbons (Fsp3) is 0.250. The topological polar surface area (TPSA) is 0 Å². The third-order valence-electron chi connectivity index (χ3n) is 3.25. The van der Waals surface area contributed by atoms with E-state index in [0.717, 1.165) is 28.3 Å². The van der Waals surface area contributed by atoms with Crippen molar-refractivity contribution in [1.82, 2.24) is 0 Å². The highest BCUT2D eigenvalue weighted by Crippen LogP contribution is 2.37. The highest BCUT2D eigenvalue weighted by atomic mass is 79.9. The average Bonchev–Trinajstić information content (AvgIpc) is 2.31. The molecule has 0 nitrogen and oxygen atoms in total. The molecule has 0 bridgehead atoms. The van der Waals surface area contributed by atoms with Gasteiger partial charge in [0.1, 0.15) is 0 Å². The van der Waals surface area contributed by atoms with Crippen LogP contribution in [-0.2, 0) is 0 Å². The van der Waals surface area contributed by atoms with Crippen LogP contribution in [0.15, 0.2) is 30.3 Å². The maximum Gasteiger partial charge on any atom is 0.163 e. The molecular weight excluding hydrogens is 310 g/mol. The minimum atomic E-state index is -0.815. The van der Waals surface area contributed by atoms with Gasteiger partial charge >= 0.3 is 0 Å². The number of halogens is 3. The van der Waals surface area contributed by atoms with Crippen LogP contribution < -0.4 is 0 Å². The molecule has 0 saturated heterocycles. The van der Waals surface area contributed by atoms with Crippen LogP contribution in [0, 0.1) is 32.4 Å². The molecule has 1 atom stereocenters. The lowest BCUT2D eigenvalue weighted by atomic mass is 9.94. The van der Waals surface area contributed by atoms with E-state index in [9.17, 15) is 8.78 Å². The highest BCUT2D eigenvalue weighted by molar-refractivity contribution is 9.09. The Morgan fingerprint density at radius 2 is 1.58 bits per heavy atom. The van der Waals surface area contributed by atoms with Crippen molar-refractivity contribution >= 4 is 15.9 Å². The van der Waals surface area contributed by atoms with Gasteiger partial charge in [0.2, 0.25) is 0 Å². The smallest absolute Gasteiger partial charge is 0.163 e. The van der Waals surface area contributed by atoms with Gasteiger partial charge in [-0.25, -0.2) is 8.78 Å². The molecule has 0 heterocycles. The summed E-state index contributed by atoms with van der Waals surface area (Å²) in [7, 11) is 0. The molecule has 19 heavy (non-hydrogen) atoms. The maximum atomic E-state index is 13.9. The number of hydrogen-bond acceptors (Lipinski definition) is 0. The molecule has 0 radical (unpaired) electrons. The number of alkyl halides is 1. The Balaban J connectivity index is 2.56. The summed E-state index contributed by atoms with van der Waals surface area (Å²) in [5.41, 5.74) is 4.63. The standard InChI is InChI=1S/C16H15BrF2/c1-9-7-10(2)14(11(3)8-9)15(17)12-5-4-6-13(18)16(12)19/h4-8,15H,1-3H3. The predicted octanol–water partition coefficient (Wildman–Crippen LogP) is 5.37. The van der Waals surface area contributed by atoms with E-state index in [1.54, 1.807) is 6.07 Å². The van der Waals surface area contributed by atoms with Gasteiger partial charge in [0, 0.05) is 5.56 Å². The van der Waals surface area contributed by atoms with E-state index in [-0.39, 0.29) is 4.83 Å². The lowest BCUT2D eigenvalue weighted by Crippen LogP contribution is -2.03. The summed E-state index contributed by atoms with van der Waals surface area (Å²) in [5.74, 6) is -1.60. The summed E-state index contributed by atoms with van der Waals surface area (Å²) in [6.45, 7) is 6.00. The zero-order valence-corrected chi connectivity index (χ0v) is 12.7. The van der Waals surface area contributed by atoms with E-state index in [1.807, 2.05) is 32.9 Å². The lowest BCUT2D eigenvalue weighted by molar-refractivity contribution is 0.500. The van der Waals surface area contributed by atoms with Crippen molar-refractivity contribution in [1.29, 1.82) is 0 Å². The summed E-state index contributed by atoms with van der Waals surface area (Å²) in [6.07, 6.45) is 0. The van der Waals surface area contributed by atoms with Crippen molar-refractivity contribution in [3.63, 3.8) is 0 Å². The number of rotatable bonds is 2. The fourth-order valence-electron chi connectivity index (χ4n) is 2.46. The lowest BCUT2D eigenvalue weighted by Gasteiger charge is -2.18. The van der Waals surface area contributed by atoms with Crippen LogP contribution in [-0.4, -0.2) is 0 Å². The van der Waals surface area contributed by atoms with E-state index in [4.69, 9.17) is 0 Å². The summed E-state index contributed by atoms with van der Waals surface area (Å²) in [5, 5.41) is 0. The molecule has 2 aromatic rings. The highest BCUT2D eigenvalue weighted by Gasteiger charge is 2.20. The van der Waals surface area contributed by atoms with Crippen molar-refractivity contribution in [2.75, 3.05) is 0 Å². The number of aryl methyl sites for hydroxylation is 3. The first-order valence-electron chi connectivity index (χ1n) is 6.07. The molecule has 2 rings (SSSR count). The average molecular weight is 325 g/mol. The van der Waals surface area contributed by atoms with Crippen molar-refractivity contribution in [3.8, 4) is 0 Å². The van der Waals surface area contributed by atoms with E-state index in [2.05, 4.69) is 15.9 Å². The molecule has 0 aliphatic carbocycles. The Bertz CT molecular complexity index is 597. The van der Waals surface area contributed by atoms with Gasteiger partial charge in [-0.15, -0.1) is 0 Å². The van der Waals surface area contributed by atoms with E-state index < -0.39 is 11.6 Å². The number of benzene rings is 2. The molecule has 0 aromatic heterocycles. The van der Waals surface area contributed by atoms with Crippen LogP contribution in [0.25, 0.3) is 0 Å². The van der Waals surface area contributed by atoms with Crippen LogP contribution in [0.1, 0.15) is 32.6 Å². The summed E-state index contributed by atoms with van der Waals surface area (Å²) >= 11 is 3.50. The van der Waals surface area contributed by atoms with Crippen molar-refractivity contribution in [2.24, 2.45) is 0 Å². The first-order chi connectivity index (χ1) is 8.91. The second-order valence-corrected chi connectivity index (χ2v) is 5.73. The molecule has 3 heteroatoms. The molecule has 0 aliphatic heterocycles. The van der Waals surface area contributed by atoms with Crippen LogP contribution in [0.3, 0.4) is 0 Å². The molecule has 100 valence electrons. The minimum absolute atomic E-state index is 0.329. The Labute approximate surface area is 120 Å². The van der Waals surface area contributed by atoms with Gasteiger partial charge in [-0.1, -0.05) is 45.8 Å². The fourth-order valence-corrected chi connectivity index (χ4v) is 3.54. The third kappa shape index (κ3) is 2.71. The first-order valence-corrected chi connectivity index (χ1v) is 6.99. The SMILES string of the molecule is Cc1cc(C)c(C(Br)c2cccc(F)c2F)c(C)c1. The molecule has 0 saturated carbocycles. The van der Waals surface area contributed by atoms with E-state index in [0.29, 0.717) is 5.56 Å². The van der Waals surface area contributed by atoms with Gasteiger partial charge in [-0.05, 0) is 43.5 Å². The van der Waals surface area contributed by atoms with Crippen molar-refractivity contribution < 1.29 is 8.78 Å². The van der Waals surface area contributed by atoms with Crippen molar-refractivity contribution in [3.05, 3.63) is 69.8 Å². The zero-order valence-electron chi connectivity index (χ0n) is 11.1. The molecule has 0 fully saturated rings. The third-order valence-corrected chi connectivity index (χ3v) is 4.20. The Morgan fingerprint density at radius 3 is 2.16 bits per heavy atom. The molecule has 0 amide bonds. The second kappa shape index (κ2) is 5.41. The zero-order chi connectivity index (χ0) is 14.2. The van der Waals surface area contributed by atoms with Crippen LogP contribution in [0.5, 0.6) is 0 Å². The van der Waals surface area contributed by atoms with Crippen LogP contribution in [0.2, 0.25) is 0 Å². The Hall–Kier alpha value is -1.22.